The first-order valence-electron chi connectivity index (χ1n) is 8.69. The molecule has 1 atom stereocenters. The van der Waals surface area contributed by atoms with Crippen molar-refractivity contribution in [3.05, 3.63) is 64.7 Å². The lowest BCUT2D eigenvalue weighted by Crippen LogP contribution is -2.31. The zero-order chi connectivity index (χ0) is 18.3. The van der Waals surface area contributed by atoms with Gasteiger partial charge in [-0.2, -0.15) is 0 Å². The van der Waals surface area contributed by atoms with Crippen molar-refractivity contribution in [2.45, 2.75) is 25.8 Å². The molecule has 0 radical (unpaired) electrons. The fourth-order valence-corrected chi connectivity index (χ4v) is 4.00. The second-order valence-corrected chi connectivity index (χ2v) is 7.08. The Hall–Kier alpha value is -2.40. The minimum absolute atomic E-state index is 0.0120. The molecule has 1 aromatic heterocycles. The van der Waals surface area contributed by atoms with Crippen molar-refractivity contribution >= 4 is 28.5 Å². The number of benzene rings is 2. The van der Waals surface area contributed by atoms with E-state index in [0.717, 1.165) is 23.3 Å². The third kappa shape index (κ3) is 2.97. The number of carbonyl (C=O) groups is 1. The number of hydrogen-bond donors (Lipinski definition) is 0. The van der Waals surface area contributed by atoms with Crippen LogP contribution in [-0.4, -0.2) is 33.4 Å². The maximum Gasteiger partial charge on any atom is 0.227 e. The summed E-state index contributed by atoms with van der Waals surface area (Å²) in [6, 6.07) is 12.7. The molecule has 3 aromatic rings. The highest BCUT2D eigenvalue weighted by Gasteiger charge is 2.29. The first kappa shape index (κ1) is 17.0. The van der Waals surface area contributed by atoms with Crippen LogP contribution in [0.1, 0.15) is 23.9 Å². The number of fused-ring (bicyclic) bond motifs is 1. The molecule has 1 aliphatic rings. The predicted molar refractivity (Wildman–Crippen MR) is 99.8 cm³/mol. The monoisotopic (exact) mass is 371 g/mol. The van der Waals surface area contributed by atoms with Crippen molar-refractivity contribution in [2.75, 3.05) is 13.1 Å². The number of aromatic nitrogens is 2. The summed E-state index contributed by atoms with van der Waals surface area (Å²) in [5, 5.41) is 0.297. The molecule has 4 rings (SSSR count). The molecular weight excluding hydrogens is 353 g/mol. The third-order valence-corrected chi connectivity index (χ3v) is 5.40. The lowest BCUT2D eigenvalue weighted by molar-refractivity contribution is -0.129. The number of carbonyl (C=O) groups excluding carboxylic acids is 1. The van der Waals surface area contributed by atoms with E-state index >= 15 is 0 Å². The van der Waals surface area contributed by atoms with Gasteiger partial charge >= 0.3 is 0 Å². The molecule has 1 saturated heterocycles. The van der Waals surface area contributed by atoms with Gasteiger partial charge in [-0.05, 0) is 37.6 Å². The van der Waals surface area contributed by atoms with Gasteiger partial charge in [-0.25, -0.2) is 9.37 Å². The quantitative estimate of drug-likeness (QED) is 0.693. The molecule has 4 nitrogen and oxygen atoms in total. The first-order valence-corrected chi connectivity index (χ1v) is 9.06. The highest BCUT2D eigenvalue weighted by Crippen LogP contribution is 2.29. The van der Waals surface area contributed by atoms with E-state index in [9.17, 15) is 9.18 Å². The maximum absolute atomic E-state index is 14.0. The van der Waals surface area contributed by atoms with E-state index in [4.69, 9.17) is 11.6 Å². The van der Waals surface area contributed by atoms with Gasteiger partial charge in [-0.15, -0.1) is 0 Å². The number of nitrogens with zero attached hydrogens (tertiary/aromatic N) is 3. The summed E-state index contributed by atoms with van der Waals surface area (Å²) in [5.74, 6) is 0.419. The number of hydrogen-bond acceptors (Lipinski definition) is 2. The summed E-state index contributed by atoms with van der Waals surface area (Å²) in [4.78, 5) is 19.1. The molecule has 6 heteroatoms. The Labute approximate surface area is 156 Å². The van der Waals surface area contributed by atoms with Crippen LogP contribution in [-0.2, 0) is 11.2 Å². The van der Waals surface area contributed by atoms with Gasteiger partial charge in [0.15, 0.2) is 0 Å². The summed E-state index contributed by atoms with van der Waals surface area (Å²) >= 11 is 6.05. The maximum atomic E-state index is 14.0. The fourth-order valence-electron chi connectivity index (χ4n) is 3.77. The highest BCUT2D eigenvalue weighted by molar-refractivity contribution is 6.31. The van der Waals surface area contributed by atoms with E-state index in [0.29, 0.717) is 18.1 Å². The van der Waals surface area contributed by atoms with Crippen LogP contribution < -0.4 is 0 Å². The van der Waals surface area contributed by atoms with Crippen molar-refractivity contribution < 1.29 is 9.18 Å². The Morgan fingerprint density at radius 1 is 1.27 bits per heavy atom. The number of imidazole rings is 1. The average molecular weight is 372 g/mol. The third-order valence-electron chi connectivity index (χ3n) is 5.04. The Bertz CT molecular complexity index is 964. The molecule has 26 heavy (non-hydrogen) atoms. The molecule has 0 saturated carbocycles. The molecule has 1 fully saturated rings. The van der Waals surface area contributed by atoms with E-state index in [1.54, 1.807) is 17.0 Å². The van der Waals surface area contributed by atoms with Gasteiger partial charge in [0.05, 0.1) is 23.5 Å². The normalized spacial score (nSPS) is 17.2. The molecule has 134 valence electrons. The minimum atomic E-state index is -0.432. The van der Waals surface area contributed by atoms with Crippen molar-refractivity contribution in [1.82, 2.24) is 14.5 Å². The van der Waals surface area contributed by atoms with Crippen LogP contribution in [0.5, 0.6) is 0 Å². The number of aryl methyl sites for hydroxylation is 1. The summed E-state index contributed by atoms with van der Waals surface area (Å²) < 4.78 is 16.2. The second kappa shape index (κ2) is 6.72. The van der Waals surface area contributed by atoms with Gasteiger partial charge in [0, 0.05) is 23.7 Å². The molecule has 1 amide bonds. The van der Waals surface area contributed by atoms with Crippen molar-refractivity contribution in [1.29, 1.82) is 0 Å². The van der Waals surface area contributed by atoms with Crippen LogP contribution in [0.2, 0.25) is 5.02 Å². The Kier molecular flexibility index (Phi) is 4.41. The number of amides is 1. The molecule has 0 bridgehead atoms. The largest absolute Gasteiger partial charge is 0.340 e. The van der Waals surface area contributed by atoms with E-state index in [2.05, 4.69) is 15.6 Å². The van der Waals surface area contributed by atoms with Crippen LogP contribution in [0.4, 0.5) is 4.39 Å². The van der Waals surface area contributed by atoms with Gasteiger partial charge in [0.25, 0.3) is 0 Å². The van der Waals surface area contributed by atoms with E-state index in [-0.39, 0.29) is 23.9 Å². The SMILES string of the molecule is Cc1nc2ccccc2n1[C@H]1CCN(C(=O)Cc2c(F)cccc2Cl)C1. The Morgan fingerprint density at radius 3 is 2.88 bits per heavy atom. The van der Waals surface area contributed by atoms with Gasteiger partial charge in [0.1, 0.15) is 11.6 Å². The molecule has 0 spiro atoms. The van der Waals surface area contributed by atoms with Crippen LogP contribution in [0.25, 0.3) is 11.0 Å². The van der Waals surface area contributed by atoms with Crippen LogP contribution >= 0.6 is 11.6 Å². The lowest BCUT2D eigenvalue weighted by atomic mass is 10.1. The Morgan fingerprint density at radius 2 is 2.08 bits per heavy atom. The molecule has 0 N–H and O–H groups in total. The number of para-hydroxylation sites is 2. The standard InChI is InChI=1S/C20H19ClFN3O/c1-13-23-18-7-2-3-8-19(18)25(13)14-9-10-24(12-14)20(26)11-15-16(21)5-4-6-17(15)22/h2-8,14H,9-12H2,1H3/t14-/m0/s1. The fraction of sp³-hybridized carbons (Fsp3) is 0.300. The number of rotatable bonds is 3. The van der Waals surface area contributed by atoms with Crippen molar-refractivity contribution in [3.8, 4) is 0 Å². The molecule has 0 unspecified atom stereocenters. The van der Waals surface area contributed by atoms with Gasteiger partial charge in [0.2, 0.25) is 5.91 Å². The average Bonchev–Trinajstić information content (AvgIpc) is 3.21. The molecule has 2 aromatic carbocycles. The minimum Gasteiger partial charge on any atom is -0.340 e. The summed E-state index contributed by atoms with van der Waals surface area (Å²) in [6.07, 6.45) is 0.847. The number of halogens is 2. The van der Waals surface area contributed by atoms with E-state index in [1.165, 1.54) is 6.07 Å². The predicted octanol–water partition coefficient (Wildman–Crippen LogP) is 4.15. The van der Waals surface area contributed by atoms with E-state index in [1.807, 2.05) is 25.1 Å². The van der Waals surface area contributed by atoms with Crippen LogP contribution in [0.3, 0.4) is 0 Å². The molecule has 1 aliphatic heterocycles. The smallest absolute Gasteiger partial charge is 0.227 e. The topological polar surface area (TPSA) is 38.1 Å². The number of likely N-dealkylation sites (tertiary alicyclic amines) is 1. The zero-order valence-corrected chi connectivity index (χ0v) is 15.2. The van der Waals surface area contributed by atoms with Gasteiger partial charge < -0.3 is 9.47 Å². The highest BCUT2D eigenvalue weighted by atomic mass is 35.5. The van der Waals surface area contributed by atoms with Gasteiger partial charge in [-0.3, -0.25) is 4.79 Å². The lowest BCUT2D eigenvalue weighted by Gasteiger charge is -2.19. The van der Waals surface area contributed by atoms with Crippen LogP contribution in [0, 0.1) is 12.7 Å². The first-order chi connectivity index (χ1) is 12.5. The van der Waals surface area contributed by atoms with Gasteiger partial charge in [-0.1, -0.05) is 29.8 Å². The van der Waals surface area contributed by atoms with Crippen molar-refractivity contribution in [3.63, 3.8) is 0 Å². The zero-order valence-electron chi connectivity index (χ0n) is 14.5. The van der Waals surface area contributed by atoms with Crippen molar-refractivity contribution in [2.24, 2.45) is 0 Å². The molecule has 0 aliphatic carbocycles. The second-order valence-electron chi connectivity index (χ2n) is 6.68. The molecular formula is C20H19ClFN3O. The molecule has 2 heterocycles. The summed E-state index contributed by atoms with van der Waals surface area (Å²) in [5.41, 5.74) is 2.32. The van der Waals surface area contributed by atoms with E-state index < -0.39 is 5.82 Å². The summed E-state index contributed by atoms with van der Waals surface area (Å²) in [6.45, 7) is 3.25. The Balaban J connectivity index is 1.53. The van der Waals surface area contributed by atoms with Crippen LogP contribution in [0.15, 0.2) is 42.5 Å². The summed E-state index contributed by atoms with van der Waals surface area (Å²) in [7, 11) is 0.